The Balaban J connectivity index is 2.29. The molecule has 0 aliphatic carbocycles. The van der Waals surface area contributed by atoms with Crippen LogP contribution in [0.4, 0.5) is 0 Å². The zero-order chi connectivity index (χ0) is 10.9. The zero-order valence-electron chi connectivity index (χ0n) is 9.70. The Morgan fingerprint density at radius 3 is 3.13 bits per heavy atom. The minimum absolute atomic E-state index is 0.746. The molecule has 4 heteroatoms. The first-order chi connectivity index (χ1) is 7.38. The summed E-state index contributed by atoms with van der Waals surface area (Å²) >= 11 is 0. The SMILES string of the molecule is CCCCn1ccnc1CNCCOC. The molecular weight excluding hydrogens is 190 g/mol. The number of rotatable bonds is 8. The number of unbranched alkanes of at least 4 members (excludes halogenated alkanes) is 1. The molecule has 0 radical (unpaired) electrons. The monoisotopic (exact) mass is 211 g/mol. The molecular formula is C11H21N3O. The lowest BCUT2D eigenvalue weighted by Crippen LogP contribution is -2.21. The van der Waals surface area contributed by atoms with Crippen molar-refractivity contribution in [2.24, 2.45) is 0 Å². The van der Waals surface area contributed by atoms with E-state index in [1.165, 1.54) is 12.8 Å². The first-order valence-corrected chi connectivity index (χ1v) is 5.58. The Bertz CT molecular complexity index is 260. The third kappa shape index (κ3) is 4.44. The van der Waals surface area contributed by atoms with Gasteiger partial charge in [-0.3, -0.25) is 0 Å². The van der Waals surface area contributed by atoms with Crippen LogP contribution in [0, 0.1) is 0 Å². The number of imidazole rings is 1. The van der Waals surface area contributed by atoms with E-state index >= 15 is 0 Å². The molecule has 0 saturated heterocycles. The zero-order valence-corrected chi connectivity index (χ0v) is 9.70. The van der Waals surface area contributed by atoms with Crippen LogP contribution in [-0.4, -0.2) is 29.8 Å². The fraction of sp³-hybridized carbons (Fsp3) is 0.727. The van der Waals surface area contributed by atoms with Crippen molar-refractivity contribution >= 4 is 0 Å². The van der Waals surface area contributed by atoms with Gasteiger partial charge in [0.25, 0.3) is 0 Å². The summed E-state index contributed by atoms with van der Waals surface area (Å²) in [6.45, 7) is 5.71. The molecule has 0 bridgehead atoms. The van der Waals surface area contributed by atoms with Crippen LogP contribution < -0.4 is 5.32 Å². The van der Waals surface area contributed by atoms with E-state index in [0.29, 0.717) is 0 Å². The van der Waals surface area contributed by atoms with Gasteiger partial charge in [0, 0.05) is 32.6 Å². The maximum Gasteiger partial charge on any atom is 0.122 e. The average Bonchev–Trinajstić information content (AvgIpc) is 2.69. The smallest absolute Gasteiger partial charge is 0.122 e. The number of nitrogens with zero attached hydrogens (tertiary/aromatic N) is 2. The van der Waals surface area contributed by atoms with Gasteiger partial charge in [-0.05, 0) is 6.42 Å². The summed E-state index contributed by atoms with van der Waals surface area (Å²) < 4.78 is 7.18. The van der Waals surface area contributed by atoms with Crippen molar-refractivity contribution < 1.29 is 4.74 Å². The van der Waals surface area contributed by atoms with Crippen LogP contribution >= 0.6 is 0 Å². The molecule has 1 aromatic rings. The fourth-order valence-corrected chi connectivity index (χ4v) is 1.41. The molecule has 0 unspecified atom stereocenters. The van der Waals surface area contributed by atoms with E-state index in [9.17, 15) is 0 Å². The molecule has 0 amide bonds. The highest BCUT2D eigenvalue weighted by Gasteiger charge is 2.00. The van der Waals surface area contributed by atoms with Gasteiger partial charge in [0.1, 0.15) is 5.82 Å². The van der Waals surface area contributed by atoms with E-state index in [4.69, 9.17) is 4.74 Å². The van der Waals surface area contributed by atoms with Gasteiger partial charge in [-0.15, -0.1) is 0 Å². The summed E-state index contributed by atoms with van der Waals surface area (Å²) in [6.07, 6.45) is 6.34. The molecule has 0 spiro atoms. The number of aryl methyl sites for hydroxylation is 1. The Hall–Kier alpha value is -0.870. The van der Waals surface area contributed by atoms with Gasteiger partial charge < -0.3 is 14.6 Å². The summed E-state index contributed by atoms with van der Waals surface area (Å²) in [5.41, 5.74) is 0. The molecule has 1 aromatic heterocycles. The van der Waals surface area contributed by atoms with E-state index in [2.05, 4.69) is 21.8 Å². The number of methoxy groups -OCH3 is 1. The Labute approximate surface area is 91.7 Å². The lowest BCUT2D eigenvalue weighted by Gasteiger charge is -2.07. The van der Waals surface area contributed by atoms with Gasteiger partial charge in [0.2, 0.25) is 0 Å². The quantitative estimate of drug-likeness (QED) is 0.661. The van der Waals surface area contributed by atoms with Crippen molar-refractivity contribution in [3.05, 3.63) is 18.2 Å². The molecule has 0 atom stereocenters. The molecule has 0 saturated carbocycles. The molecule has 1 rings (SSSR count). The Kier molecular flexibility index (Phi) is 6.04. The second-order valence-electron chi connectivity index (χ2n) is 3.56. The largest absolute Gasteiger partial charge is 0.383 e. The molecule has 0 aromatic carbocycles. The fourth-order valence-electron chi connectivity index (χ4n) is 1.41. The van der Waals surface area contributed by atoms with Crippen LogP contribution in [0.5, 0.6) is 0 Å². The maximum absolute atomic E-state index is 4.97. The van der Waals surface area contributed by atoms with Crippen LogP contribution in [-0.2, 0) is 17.8 Å². The normalized spacial score (nSPS) is 10.8. The predicted octanol–water partition coefficient (Wildman–Crippen LogP) is 1.42. The number of ether oxygens (including phenoxy) is 1. The highest BCUT2D eigenvalue weighted by atomic mass is 16.5. The summed E-state index contributed by atoms with van der Waals surface area (Å²) in [6, 6.07) is 0. The second kappa shape index (κ2) is 7.43. The minimum Gasteiger partial charge on any atom is -0.383 e. The van der Waals surface area contributed by atoms with Crippen LogP contribution in [0.2, 0.25) is 0 Å². The molecule has 0 aliphatic heterocycles. The molecule has 0 fully saturated rings. The van der Waals surface area contributed by atoms with E-state index in [1.807, 2.05) is 12.4 Å². The molecule has 1 N–H and O–H groups in total. The van der Waals surface area contributed by atoms with Gasteiger partial charge in [-0.1, -0.05) is 13.3 Å². The van der Waals surface area contributed by atoms with Gasteiger partial charge in [-0.2, -0.15) is 0 Å². The van der Waals surface area contributed by atoms with Crippen molar-refractivity contribution in [3.8, 4) is 0 Å². The van der Waals surface area contributed by atoms with Crippen LogP contribution in [0.3, 0.4) is 0 Å². The Morgan fingerprint density at radius 1 is 1.53 bits per heavy atom. The first-order valence-electron chi connectivity index (χ1n) is 5.58. The summed E-state index contributed by atoms with van der Waals surface area (Å²) in [5, 5.41) is 3.30. The first kappa shape index (κ1) is 12.2. The third-order valence-electron chi connectivity index (χ3n) is 2.32. The van der Waals surface area contributed by atoms with E-state index < -0.39 is 0 Å². The van der Waals surface area contributed by atoms with Gasteiger partial charge >= 0.3 is 0 Å². The average molecular weight is 211 g/mol. The lowest BCUT2D eigenvalue weighted by atomic mass is 10.3. The summed E-state index contributed by atoms with van der Waals surface area (Å²) in [5.74, 6) is 1.11. The lowest BCUT2D eigenvalue weighted by molar-refractivity contribution is 0.199. The molecule has 0 aliphatic rings. The predicted molar refractivity (Wildman–Crippen MR) is 60.7 cm³/mol. The third-order valence-corrected chi connectivity index (χ3v) is 2.32. The van der Waals surface area contributed by atoms with Gasteiger partial charge in [0.15, 0.2) is 0 Å². The number of hydrogen-bond acceptors (Lipinski definition) is 3. The highest BCUT2D eigenvalue weighted by Crippen LogP contribution is 2.00. The standard InChI is InChI=1S/C11H21N3O/c1-3-4-7-14-8-5-13-11(14)10-12-6-9-15-2/h5,8,12H,3-4,6-7,9-10H2,1-2H3. The van der Waals surface area contributed by atoms with Crippen molar-refractivity contribution in [2.45, 2.75) is 32.9 Å². The highest BCUT2D eigenvalue weighted by molar-refractivity contribution is 4.91. The van der Waals surface area contributed by atoms with Crippen molar-refractivity contribution in [1.82, 2.24) is 14.9 Å². The van der Waals surface area contributed by atoms with Crippen molar-refractivity contribution in [2.75, 3.05) is 20.3 Å². The van der Waals surface area contributed by atoms with Crippen LogP contribution in [0.15, 0.2) is 12.4 Å². The van der Waals surface area contributed by atoms with Gasteiger partial charge in [0.05, 0.1) is 13.2 Å². The molecule has 86 valence electrons. The summed E-state index contributed by atoms with van der Waals surface area (Å²) in [7, 11) is 1.71. The van der Waals surface area contributed by atoms with E-state index in [1.54, 1.807) is 7.11 Å². The Morgan fingerprint density at radius 2 is 2.40 bits per heavy atom. The number of nitrogens with one attached hydrogen (secondary N) is 1. The molecule has 1 heterocycles. The maximum atomic E-state index is 4.97. The van der Waals surface area contributed by atoms with Crippen LogP contribution in [0.1, 0.15) is 25.6 Å². The van der Waals surface area contributed by atoms with Crippen LogP contribution in [0.25, 0.3) is 0 Å². The van der Waals surface area contributed by atoms with Crippen molar-refractivity contribution in [3.63, 3.8) is 0 Å². The minimum atomic E-state index is 0.746. The van der Waals surface area contributed by atoms with Crippen molar-refractivity contribution in [1.29, 1.82) is 0 Å². The molecule has 15 heavy (non-hydrogen) atoms. The molecule has 4 nitrogen and oxygen atoms in total. The topological polar surface area (TPSA) is 39.1 Å². The van der Waals surface area contributed by atoms with E-state index in [0.717, 1.165) is 32.1 Å². The van der Waals surface area contributed by atoms with Gasteiger partial charge in [-0.25, -0.2) is 4.98 Å². The second-order valence-corrected chi connectivity index (χ2v) is 3.56. The van der Waals surface area contributed by atoms with E-state index in [-0.39, 0.29) is 0 Å². The number of hydrogen-bond donors (Lipinski definition) is 1. The number of aromatic nitrogens is 2. The summed E-state index contributed by atoms with van der Waals surface area (Å²) in [4.78, 5) is 4.33.